The minimum absolute atomic E-state index is 0.0321. The molecule has 0 bridgehead atoms. The van der Waals surface area contributed by atoms with Crippen molar-refractivity contribution in [1.82, 2.24) is 9.29 Å². The van der Waals surface area contributed by atoms with Crippen LogP contribution in [0.5, 0.6) is 5.75 Å². The van der Waals surface area contributed by atoms with E-state index in [-0.39, 0.29) is 23.3 Å². The van der Waals surface area contributed by atoms with Gasteiger partial charge in [-0.1, -0.05) is 13.8 Å². The minimum atomic E-state index is -3.68. The van der Waals surface area contributed by atoms with Crippen LogP contribution < -0.4 is 10.1 Å². The maximum absolute atomic E-state index is 13.0. The molecule has 2 aromatic heterocycles. The summed E-state index contributed by atoms with van der Waals surface area (Å²) < 4.78 is 38.6. The summed E-state index contributed by atoms with van der Waals surface area (Å²) >= 11 is 1.40. The number of amides is 1. The van der Waals surface area contributed by atoms with Gasteiger partial charge < -0.3 is 14.5 Å². The van der Waals surface area contributed by atoms with E-state index in [9.17, 15) is 13.2 Å². The lowest BCUT2D eigenvalue weighted by Gasteiger charge is -2.20. The predicted octanol–water partition coefficient (Wildman–Crippen LogP) is 4.71. The van der Waals surface area contributed by atoms with Gasteiger partial charge in [0.15, 0.2) is 10.8 Å². The molecule has 0 unspecified atom stereocenters. The third-order valence-electron chi connectivity index (χ3n) is 4.78. The molecule has 1 N–H and O–H groups in total. The summed E-state index contributed by atoms with van der Waals surface area (Å²) in [5, 5.41) is 5.30. The molecule has 2 heterocycles. The van der Waals surface area contributed by atoms with Gasteiger partial charge in [0, 0.05) is 18.5 Å². The zero-order valence-corrected chi connectivity index (χ0v) is 21.0. The number of nitrogens with zero attached hydrogens (tertiary/aromatic N) is 2. The highest BCUT2D eigenvalue weighted by molar-refractivity contribution is 7.89. The second-order valence-electron chi connectivity index (χ2n) is 7.69. The Hall–Kier alpha value is -2.69. The third kappa shape index (κ3) is 6.01. The van der Waals surface area contributed by atoms with Gasteiger partial charge in [-0.15, -0.1) is 11.3 Å². The summed E-state index contributed by atoms with van der Waals surface area (Å²) in [5.41, 5.74) is 0.902. The number of aryl methyl sites for hydroxylation is 1. The summed E-state index contributed by atoms with van der Waals surface area (Å²) in [6.07, 6.45) is -0.117. The van der Waals surface area contributed by atoms with Crippen LogP contribution in [0.4, 0.5) is 5.69 Å². The van der Waals surface area contributed by atoms with Crippen LogP contribution in [0.25, 0.3) is 10.8 Å². The van der Waals surface area contributed by atoms with Crippen LogP contribution in [-0.2, 0) is 21.2 Å². The fourth-order valence-corrected chi connectivity index (χ4v) is 5.51. The van der Waals surface area contributed by atoms with Crippen LogP contribution in [0.3, 0.4) is 0 Å². The van der Waals surface area contributed by atoms with Crippen LogP contribution in [-0.4, -0.2) is 42.8 Å². The first-order valence-corrected chi connectivity index (χ1v) is 13.1. The van der Waals surface area contributed by atoms with Crippen molar-refractivity contribution >= 4 is 33.0 Å². The van der Waals surface area contributed by atoms with E-state index in [1.807, 2.05) is 32.9 Å². The average molecular weight is 492 g/mol. The number of aromatic nitrogens is 1. The molecule has 1 amide bonds. The minimum Gasteiger partial charge on any atom is -0.489 e. The smallest absolute Gasteiger partial charge is 0.243 e. The Labute approximate surface area is 198 Å². The molecule has 33 heavy (non-hydrogen) atoms. The first kappa shape index (κ1) is 24.9. The molecule has 0 aliphatic heterocycles. The van der Waals surface area contributed by atoms with Crippen molar-refractivity contribution in [2.24, 2.45) is 0 Å². The monoisotopic (exact) mass is 491 g/mol. The number of ether oxygens (including phenoxy) is 1. The van der Waals surface area contributed by atoms with E-state index in [1.54, 1.807) is 25.3 Å². The van der Waals surface area contributed by atoms with E-state index >= 15 is 0 Å². The van der Waals surface area contributed by atoms with E-state index in [4.69, 9.17) is 9.15 Å². The first-order valence-electron chi connectivity index (χ1n) is 10.8. The van der Waals surface area contributed by atoms with Crippen molar-refractivity contribution in [2.45, 2.75) is 52.0 Å². The number of benzene rings is 1. The molecule has 0 saturated heterocycles. The van der Waals surface area contributed by atoms with Gasteiger partial charge in [-0.05, 0) is 51.1 Å². The molecule has 0 atom stereocenters. The maximum atomic E-state index is 13.0. The lowest BCUT2D eigenvalue weighted by molar-refractivity contribution is -0.115. The van der Waals surface area contributed by atoms with E-state index < -0.39 is 10.0 Å². The van der Waals surface area contributed by atoms with Gasteiger partial charge in [0.05, 0.1) is 28.8 Å². The Morgan fingerprint density at radius 3 is 2.55 bits per heavy atom. The fourth-order valence-electron chi connectivity index (χ4n) is 3.25. The van der Waals surface area contributed by atoms with Gasteiger partial charge in [-0.3, -0.25) is 4.79 Å². The number of furan rings is 1. The third-order valence-corrected chi connectivity index (χ3v) is 7.73. The second-order valence-corrected chi connectivity index (χ2v) is 10.5. The Kier molecular flexibility index (Phi) is 7.93. The first-order chi connectivity index (χ1) is 15.6. The van der Waals surface area contributed by atoms with E-state index in [1.165, 1.54) is 27.8 Å². The van der Waals surface area contributed by atoms with Gasteiger partial charge in [0.1, 0.15) is 11.5 Å². The van der Waals surface area contributed by atoms with Gasteiger partial charge in [-0.25, -0.2) is 13.4 Å². The second kappa shape index (κ2) is 10.5. The zero-order chi connectivity index (χ0) is 24.2. The summed E-state index contributed by atoms with van der Waals surface area (Å²) in [6, 6.07) is 8.22. The normalized spacial score (nSPS) is 11.8. The van der Waals surface area contributed by atoms with Gasteiger partial charge >= 0.3 is 0 Å². The molecule has 178 valence electrons. The summed E-state index contributed by atoms with van der Waals surface area (Å²) in [4.78, 5) is 17.4. The molecular weight excluding hydrogens is 462 g/mol. The molecule has 3 rings (SSSR count). The molecule has 3 aromatic rings. The van der Waals surface area contributed by atoms with Gasteiger partial charge in [-0.2, -0.15) is 4.31 Å². The zero-order valence-electron chi connectivity index (χ0n) is 19.4. The number of carbonyl (C=O) groups excluding carboxylic acids is 1. The number of rotatable bonds is 10. The molecule has 0 spiro atoms. The molecule has 0 aliphatic carbocycles. The highest BCUT2D eigenvalue weighted by Gasteiger charge is 2.24. The van der Waals surface area contributed by atoms with E-state index in [0.717, 1.165) is 5.76 Å². The molecule has 10 heteroatoms. The van der Waals surface area contributed by atoms with Gasteiger partial charge in [0.2, 0.25) is 15.9 Å². The highest BCUT2D eigenvalue weighted by Crippen LogP contribution is 2.31. The summed E-state index contributed by atoms with van der Waals surface area (Å²) in [5.74, 6) is 1.53. The van der Waals surface area contributed by atoms with Crippen molar-refractivity contribution < 1.29 is 22.4 Å². The van der Waals surface area contributed by atoms with Crippen LogP contribution in [0.2, 0.25) is 0 Å². The van der Waals surface area contributed by atoms with Crippen molar-refractivity contribution in [1.29, 1.82) is 0 Å². The topological polar surface area (TPSA) is 102 Å². The predicted molar refractivity (Wildman–Crippen MR) is 129 cm³/mol. The maximum Gasteiger partial charge on any atom is 0.243 e. The molecular formula is C23H29N3O5S2. The average Bonchev–Trinajstić information content (AvgIpc) is 3.38. The Morgan fingerprint density at radius 2 is 1.94 bits per heavy atom. The molecule has 0 aliphatic rings. The SMILES string of the molecule is CCN(CC)S(=O)(=O)c1ccc(OC(C)C)c(NC(=O)Cc2csc(-c3ccc(C)o3)n2)c1. The van der Waals surface area contributed by atoms with Crippen LogP contribution in [0, 0.1) is 6.92 Å². The van der Waals surface area contributed by atoms with Gasteiger partial charge in [0.25, 0.3) is 0 Å². The number of hydrogen-bond acceptors (Lipinski definition) is 7. The number of thiazole rings is 1. The van der Waals surface area contributed by atoms with Crippen LogP contribution in [0.15, 0.2) is 45.0 Å². The Balaban J connectivity index is 1.83. The molecule has 0 saturated carbocycles. The van der Waals surface area contributed by atoms with E-state index in [0.29, 0.717) is 41.0 Å². The lowest BCUT2D eigenvalue weighted by atomic mass is 10.2. The summed E-state index contributed by atoms with van der Waals surface area (Å²) in [6.45, 7) is 9.85. The van der Waals surface area contributed by atoms with Crippen LogP contribution in [0.1, 0.15) is 39.1 Å². The molecule has 1 aromatic carbocycles. The molecule has 0 radical (unpaired) electrons. The number of nitrogens with one attached hydrogen (secondary N) is 1. The fraction of sp³-hybridized carbons (Fsp3) is 0.391. The number of anilines is 1. The Bertz CT molecular complexity index is 1210. The van der Waals surface area contributed by atoms with Crippen LogP contribution >= 0.6 is 11.3 Å². The quantitative estimate of drug-likeness (QED) is 0.441. The number of carbonyl (C=O) groups is 1. The van der Waals surface area contributed by atoms with Crippen molar-refractivity contribution in [3.05, 3.63) is 47.2 Å². The van der Waals surface area contributed by atoms with Crippen molar-refractivity contribution in [3.63, 3.8) is 0 Å². The standard InChI is InChI=1S/C23H29N3O5S2/c1-6-26(7-2)33(28,29)18-9-11-20(30-15(3)4)19(13-18)25-22(27)12-17-14-32-23(24-17)21-10-8-16(5)31-21/h8-11,13-15H,6-7,12H2,1-5H3,(H,25,27). The van der Waals surface area contributed by atoms with E-state index in [2.05, 4.69) is 10.3 Å². The molecule has 0 fully saturated rings. The number of hydrogen-bond donors (Lipinski definition) is 1. The Morgan fingerprint density at radius 1 is 1.21 bits per heavy atom. The molecule has 8 nitrogen and oxygen atoms in total. The largest absolute Gasteiger partial charge is 0.489 e. The lowest BCUT2D eigenvalue weighted by Crippen LogP contribution is -2.30. The van der Waals surface area contributed by atoms with Crippen molar-refractivity contribution in [3.8, 4) is 16.5 Å². The summed E-state index contributed by atoms with van der Waals surface area (Å²) in [7, 11) is -3.68. The number of sulfonamides is 1. The highest BCUT2D eigenvalue weighted by atomic mass is 32.2. The van der Waals surface area contributed by atoms with Crippen molar-refractivity contribution in [2.75, 3.05) is 18.4 Å².